The highest BCUT2D eigenvalue weighted by Gasteiger charge is 2.43. The summed E-state index contributed by atoms with van der Waals surface area (Å²) >= 11 is 0. The van der Waals surface area contributed by atoms with Crippen molar-refractivity contribution in [1.29, 1.82) is 0 Å². The van der Waals surface area contributed by atoms with Crippen molar-refractivity contribution in [2.75, 3.05) is 11.5 Å². The first-order valence-corrected chi connectivity index (χ1v) is 7.17. The minimum Gasteiger partial charge on any atom is -0.461 e. The number of carbonyl (C=O) groups excluding carboxylic acids is 3. The molecular weight excluding hydrogens is 298 g/mol. The number of nitrogens with one attached hydrogen (secondary N) is 1. The van der Waals surface area contributed by atoms with Crippen molar-refractivity contribution in [3.8, 4) is 0 Å². The van der Waals surface area contributed by atoms with E-state index in [2.05, 4.69) is 10.2 Å². The topological polar surface area (TPSA) is 92.4 Å². The number of nitrogens with zero attached hydrogens (tertiary/aromatic N) is 2. The standard InChI is InChI=1S/C16H15N3O4/c1-4-23-16(22)13-11-12(17-18-13)15(21)19(14(11)20)10-6-5-8(2)7-9(10)3/h5-7H,4H2,1-3H3,(H,17,18). The smallest absolute Gasteiger partial charge is 0.357 e. The average molecular weight is 313 g/mol. The molecule has 7 nitrogen and oxygen atoms in total. The Hall–Kier alpha value is -2.96. The van der Waals surface area contributed by atoms with Gasteiger partial charge in [0.05, 0.1) is 12.3 Å². The van der Waals surface area contributed by atoms with Gasteiger partial charge in [0.2, 0.25) is 0 Å². The quantitative estimate of drug-likeness (QED) is 0.691. The van der Waals surface area contributed by atoms with Gasteiger partial charge in [-0.2, -0.15) is 5.10 Å². The zero-order valence-corrected chi connectivity index (χ0v) is 13.0. The second-order valence-corrected chi connectivity index (χ2v) is 5.28. The number of fused-ring (bicyclic) bond motifs is 1. The van der Waals surface area contributed by atoms with Crippen molar-refractivity contribution in [2.24, 2.45) is 0 Å². The van der Waals surface area contributed by atoms with Crippen LogP contribution in [0.25, 0.3) is 0 Å². The van der Waals surface area contributed by atoms with Crippen LogP contribution in [0.1, 0.15) is 49.4 Å². The molecule has 1 aliphatic heterocycles. The number of aryl methyl sites for hydroxylation is 2. The van der Waals surface area contributed by atoms with Crippen molar-refractivity contribution >= 4 is 23.5 Å². The molecule has 0 unspecified atom stereocenters. The van der Waals surface area contributed by atoms with Crippen LogP contribution in [0.4, 0.5) is 5.69 Å². The fourth-order valence-corrected chi connectivity index (χ4v) is 2.64. The van der Waals surface area contributed by atoms with E-state index in [0.29, 0.717) is 5.69 Å². The number of H-pyrrole nitrogens is 1. The number of amides is 2. The van der Waals surface area contributed by atoms with E-state index in [-0.39, 0.29) is 23.6 Å². The summed E-state index contributed by atoms with van der Waals surface area (Å²) in [7, 11) is 0. The maximum Gasteiger partial charge on any atom is 0.357 e. The number of hydrogen-bond donors (Lipinski definition) is 1. The lowest BCUT2D eigenvalue weighted by Crippen LogP contribution is -2.31. The number of carbonyl (C=O) groups is 3. The zero-order valence-electron chi connectivity index (χ0n) is 13.0. The third kappa shape index (κ3) is 2.21. The molecule has 1 aromatic heterocycles. The number of ether oxygens (including phenoxy) is 1. The van der Waals surface area contributed by atoms with Gasteiger partial charge in [-0.05, 0) is 32.4 Å². The van der Waals surface area contributed by atoms with Crippen LogP contribution >= 0.6 is 0 Å². The van der Waals surface area contributed by atoms with Crippen molar-refractivity contribution in [1.82, 2.24) is 10.2 Å². The highest BCUT2D eigenvalue weighted by molar-refractivity contribution is 6.35. The summed E-state index contributed by atoms with van der Waals surface area (Å²) in [4.78, 5) is 38.1. The molecule has 2 amide bonds. The van der Waals surface area contributed by atoms with Gasteiger partial charge in [0, 0.05) is 0 Å². The SMILES string of the molecule is CCOC(=O)c1[nH]nc2c1C(=O)N(c1ccc(C)cc1C)C2=O. The van der Waals surface area contributed by atoms with Crippen molar-refractivity contribution in [2.45, 2.75) is 20.8 Å². The molecule has 2 heterocycles. The summed E-state index contributed by atoms with van der Waals surface area (Å²) in [5.74, 6) is -1.83. The van der Waals surface area contributed by atoms with E-state index in [1.54, 1.807) is 13.0 Å². The first kappa shape index (κ1) is 15.0. The fourth-order valence-electron chi connectivity index (χ4n) is 2.64. The molecule has 0 saturated carbocycles. The molecule has 118 valence electrons. The largest absolute Gasteiger partial charge is 0.461 e. The zero-order chi connectivity index (χ0) is 16.7. The number of aromatic amines is 1. The Bertz CT molecular complexity index is 838. The third-order valence-corrected chi connectivity index (χ3v) is 3.66. The lowest BCUT2D eigenvalue weighted by atomic mass is 10.1. The first-order valence-electron chi connectivity index (χ1n) is 7.17. The summed E-state index contributed by atoms with van der Waals surface area (Å²) in [6.07, 6.45) is 0. The van der Waals surface area contributed by atoms with E-state index < -0.39 is 17.8 Å². The van der Waals surface area contributed by atoms with E-state index in [4.69, 9.17) is 4.74 Å². The molecule has 1 N–H and O–H groups in total. The third-order valence-electron chi connectivity index (χ3n) is 3.66. The number of aromatic nitrogens is 2. The molecule has 23 heavy (non-hydrogen) atoms. The normalized spacial score (nSPS) is 13.4. The lowest BCUT2D eigenvalue weighted by Gasteiger charge is -2.17. The predicted molar refractivity (Wildman–Crippen MR) is 81.6 cm³/mol. The Balaban J connectivity index is 2.06. The first-order chi connectivity index (χ1) is 11.0. The van der Waals surface area contributed by atoms with E-state index in [1.807, 2.05) is 26.0 Å². The molecule has 3 rings (SSSR count). The molecular formula is C16H15N3O4. The van der Waals surface area contributed by atoms with Gasteiger partial charge in [-0.15, -0.1) is 0 Å². The number of hydrogen-bond acceptors (Lipinski definition) is 5. The molecule has 0 aliphatic carbocycles. The van der Waals surface area contributed by atoms with Gasteiger partial charge in [-0.1, -0.05) is 17.7 Å². The minimum absolute atomic E-state index is 0.0339. The van der Waals surface area contributed by atoms with Crippen LogP contribution in [-0.4, -0.2) is 34.6 Å². The summed E-state index contributed by atoms with van der Waals surface area (Å²) in [6.45, 7) is 5.56. The predicted octanol–water partition coefficient (Wildman–Crippen LogP) is 2.00. The molecule has 0 bridgehead atoms. The Kier molecular flexibility index (Phi) is 3.48. The molecule has 1 aliphatic rings. The van der Waals surface area contributed by atoms with Crippen LogP contribution < -0.4 is 4.90 Å². The van der Waals surface area contributed by atoms with Crippen LogP contribution in [-0.2, 0) is 4.74 Å². The van der Waals surface area contributed by atoms with Crippen molar-refractivity contribution in [3.05, 3.63) is 46.3 Å². The van der Waals surface area contributed by atoms with Crippen LogP contribution in [0.5, 0.6) is 0 Å². The van der Waals surface area contributed by atoms with Gasteiger partial charge in [-0.25, -0.2) is 9.69 Å². The maximum absolute atomic E-state index is 12.7. The van der Waals surface area contributed by atoms with E-state index >= 15 is 0 Å². The number of rotatable bonds is 3. The molecule has 0 fully saturated rings. The highest BCUT2D eigenvalue weighted by Crippen LogP contribution is 2.31. The minimum atomic E-state index is -0.704. The second-order valence-electron chi connectivity index (χ2n) is 5.28. The van der Waals surface area contributed by atoms with Crippen molar-refractivity contribution in [3.63, 3.8) is 0 Å². The van der Waals surface area contributed by atoms with Gasteiger partial charge < -0.3 is 4.74 Å². The Morgan fingerprint density at radius 1 is 1.26 bits per heavy atom. The molecule has 7 heteroatoms. The summed E-state index contributed by atoms with van der Waals surface area (Å²) < 4.78 is 4.88. The number of imide groups is 1. The summed E-state index contributed by atoms with van der Waals surface area (Å²) in [5, 5.41) is 6.24. The molecule has 0 radical (unpaired) electrons. The molecule has 2 aromatic rings. The maximum atomic E-state index is 12.7. The molecule has 1 aromatic carbocycles. The Morgan fingerprint density at radius 2 is 2.00 bits per heavy atom. The highest BCUT2D eigenvalue weighted by atomic mass is 16.5. The van der Waals surface area contributed by atoms with Gasteiger partial charge in [0.15, 0.2) is 11.4 Å². The van der Waals surface area contributed by atoms with Gasteiger partial charge in [0.1, 0.15) is 5.56 Å². The van der Waals surface area contributed by atoms with Crippen LogP contribution in [0, 0.1) is 13.8 Å². The monoisotopic (exact) mass is 313 g/mol. The second kappa shape index (κ2) is 5.35. The van der Waals surface area contributed by atoms with Crippen LogP contribution in [0.15, 0.2) is 18.2 Å². The van der Waals surface area contributed by atoms with Gasteiger partial charge in [0.25, 0.3) is 11.8 Å². The van der Waals surface area contributed by atoms with Crippen LogP contribution in [0.2, 0.25) is 0 Å². The Morgan fingerprint density at radius 3 is 2.65 bits per heavy atom. The Labute approximate surface area is 132 Å². The van der Waals surface area contributed by atoms with E-state index in [0.717, 1.165) is 16.0 Å². The average Bonchev–Trinajstić information content (AvgIpc) is 3.02. The number of esters is 1. The molecule has 0 spiro atoms. The lowest BCUT2D eigenvalue weighted by molar-refractivity contribution is 0.0516. The fraction of sp³-hybridized carbons (Fsp3) is 0.250. The van der Waals surface area contributed by atoms with E-state index in [1.165, 1.54) is 0 Å². The molecule has 0 atom stereocenters. The number of anilines is 1. The summed E-state index contributed by atoms with van der Waals surface area (Å²) in [6, 6.07) is 5.41. The molecule has 0 saturated heterocycles. The van der Waals surface area contributed by atoms with Gasteiger partial charge >= 0.3 is 5.97 Å². The number of benzene rings is 1. The van der Waals surface area contributed by atoms with Crippen LogP contribution in [0.3, 0.4) is 0 Å². The van der Waals surface area contributed by atoms with E-state index in [9.17, 15) is 14.4 Å². The summed E-state index contributed by atoms with van der Waals surface area (Å²) in [5.41, 5.74) is 2.12. The van der Waals surface area contributed by atoms with Gasteiger partial charge in [-0.3, -0.25) is 14.7 Å². The van der Waals surface area contributed by atoms with Crippen molar-refractivity contribution < 1.29 is 19.1 Å².